The lowest BCUT2D eigenvalue weighted by atomic mass is 10.1. The van der Waals surface area contributed by atoms with Crippen LogP contribution in [0.5, 0.6) is 0 Å². The van der Waals surface area contributed by atoms with Crippen LogP contribution in [0, 0.1) is 23.0 Å². The van der Waals surface area contributed by atoms with Crippen LogP contribution in [0.3, 0.4) is 0 Å². The number of hydrogen-bond acceptors (Lipinski definition) is 4. The third-order valence-corrected chi connectivity index (χ3v) is 3.45. The molecule has 1 aliphatic heterocycles. The largest absolute Gasteiger partial charge is 0.385 e. The van der Waals surface area contributed by atoms with Gasteiger partial charge >= 0.3 is 0 Å². The Bertz CT molecular complexity index is 428. The number of anilines is 1. The summed E-state index contributed by atoms with van der Waals surface area (Å²) in [5.41, 5.74) is 1.71. The van der Waals surface area contributed by atoms with E-state index >= 15 is 0 Å². The molecule has 0 spiro atoms. The molecule has 2 N–H and O–H groups in total. The maximum Gasteiger partial charge on any atom is 0.274 e. The highest BCUT2D eigenvalue weighted by Gasteiger charge is 2.14. The summed E-state index contributed by atoms with van der Waals surface area (Å²) in [4.78, 5) is 10.5. The molecule has 1 aliphatic rings. The predicted molar refractivity (Wildman–Crippen MR) is 71.9 cm³/mol. The van der Waals surface area contributed by atoms with Crippen molar-refractivity contribution in [2.24, 2.45) is 5.92 Å². The number of aryl methyl sites for hydroxylation is 1. The maximum absolute atomic E-state index is 10.8. The molecular weight excluding hydrogens is 230 g/mol. The molecule has 1 aromatic rings. The fourth-order valence-corrected chi connectivity index (χ4v) is 2.30. The van der Waals surface area contributed by atoms with Crippen molar-refractivity contribution in [3.8, 4) is 0 Å². The fraction of sp³-hybridized carbons (Fsp3) is 0.538. The van der Waals surface area contributed by atoms with Gasteiger partial charge in [-0.3, -0.25) is 10.1 Å². The van der Waals surface area contributed by atoms with E-state index in [0.29, 0.717) is 5.56 Å². The minimum Gasteiger partial charge on any atom is -0.385 e. The molecule has 1 aromatic carbocycles. The van der Waals surface area contributed by atoms with Crippen LogP contribution in [-0.4, -0.2) is 24.6 Å². The molecule has 1 heterocycles. The van der Waals surface area contributed by atoms with Gasteiger partial charge in [0.05, 0.1) is 4.92 Å². The van der Waals surface area contributed by atoms with Crippen molar-refractivity contribution in [3.05, 3.63) is 33.9 Å². The van der Waals surface area contributed by atoms with E-state index in [1.807, 2.05) is 6.07 Å². The summed E-state index contributed by atoms with van der Waals surface area (Å²) in [7, 11) is 0. The number of benzene rings is 1. The summed E-state index contributed by atoms with van der Waals surface area (Å²) < 4.78 is 0. The van der Waals surface area contributed by atoms with Crippen LogP contribution in [-0.2, 0) is 0 Å². The van der Waals surface area contributed by atoms with E-state index in [0.717, 1.165) is 37.7 Å². The van der Waals surface area contributed by atoms with Crippen molar-refractivity contribution >= 4 is 11.4 Å². The SMILES string of the molecule is Cc1ccc(NCCC2CCNC2)cc1[N+](=O)[O-]. The van der Waals surface area contributed by atoms with Crippen LogP contribution in [0.2, 0.25) is 0 Å². The number of nitro groups is 1. The Hall–Kier alpha value is -1.62. The first kappa shape index (κ1) is 12.8. The Balaban J connectivity index is 1.88. The van der Waals surface area contributed by atoms with E-state index in [1.165, 1.54) is 6.42 Å². The average molecular weight is 249 g/mol. The predicted octanol–water partition coefficient (Wildman–Crippen LogP) is 2.31. The molecule has 0 amide bonds. The van der Waals surface area contributed by atoms with Crippen molar-refractivity contribution in [3.63, 3.8) is 0 Å². The number of rotatable bonds is 5. The molecule has 0 aromatic heterocycles. The fourth-order valence-electron chi connectivity index (χ4n) is 2.30. The summed E-state index contributed by atoms with van der Waals surface area (Å²) in [6.45, 7) is 4.83. The lowest BCUT2D eigenvalue weighted by Crippen LogP contribution is -2.12. The monoisotopic (exact) mass is 249 g/mol. The number of nitrogens with zero attached hydrogens (tertiary/aromatic N) is 1. The van der Waals surface area contributed by atoms with Gasteiger partial charge in [0, 0.05) is 23.9 Å². The van der Waals surface area contributed by atoms with Crippen LogP contribution >= 0.6 is 0 Å². The Morgan fingerprint density at radius 3 is 3.06 bits per heavy atom. The summed E-state index contributed by atoms with van der Waals surface area (Å²) in [5.74, 6) is 0.734. The molecule has 0 aliphatic carbocycles. The van der Waals surface area contributed by atoms with Crippen molar-refractivity contribution in [2.75, 3.05) is 25.0 Å². The minimum absolute atomic E-state index is 0.183. The van der Waals surface area contributed by atoms with E-state index in [9.17, 15) is 10.1 Å². The van der Waals surface area contributed by atoms with Gasteiger partial charge in [-0.15, -0.1) is 0 Å². The van der Waals surface area contributed by atoms with Gasteiger partial charge in [-0.1, -0.05) is 6.07 Å². The molecule has 1 saturated heterocycles. The summed E-state index contributed by atoms with van der Waals surface area (Å²) >= 11 is 0. The highest BCUT2D eigenvalue weighted by Crippen LogP contribution is 2.22. The number of nitro benzene ring substituents is 1. The quantitative estimate of drug-likeness (QED) is 0.620. The van der Waals surface area contributed by atoms with Crippen LogP contribution in [0.4, 0.5) is 11.4 Å². The number of nitrogens with one attached hydrogen (secondary N) is 2. The van der Waals surface area contributed by atoms with Crippen LogP contribution in [0.1, 0.15) is 18.4 Å². The standard InChI is InChI=1S/C13H19N3O2/c1-10-2-3-12(8-13(10)16(17)18)15-7-5-11-4-6-14-9-11/h2-3,8,11,14-15H,4-7,9H2,1H3. The number of hydrogen-bond donors (Lipinski definition) is 2. The van der Waals surface area contributed by atoms with Crippen molar-refractivity contribution in [1.29, 1.82) is 0 Å². The third kappa shape index (κ3) is 3.20. The van der Waals surface area contributed by atoms with Crippen LogP contribution in [0.15, 0.2) is 18.2 Å². The molecular formula is C13H19N3O2. The molecule has 18 heavy (non-hydrogen) atoms. The molecule has 2 rings (SSSR count). The summed E-state index contributed by atoms with van der Waals surface area (Å²) in [6, 6.07) is 5.30. The van der Waals surface area contributed by atoms with Gasteiger partial charge in [0.2, 0.25) is 0 Å². The minimum atomic E-state index is -0.332. The van der Waals surface area contributed by atoms with Gasteiger partial charge in [0.15, 0.2) is 0 Å². The molecule has 5 heteroatoms. The van der Waals surface area contributed by atoms with Crippen LogP contribution in [0.25, 0.3) is 0 Å². The maximum atomic E-state index is 10.8. The smallest absolute Gasteiger partial charge is 0.274 e. The highest BCUT2D eigenvalue weighted by atomic mass is 16.6. The average Bonchev–Trinajstić information content (AvgIpc) is 2.84. The third-order valence-electron chi connectivity index (χ3n) is 3.45. The van der Waals surface area contributed by atoms with E-state index < -0.39 is 0 Å². The Morgan fingerprint density at radius 2 is 2.39 bits per heavy atom. The van der Waals surface area contributed by atoms with Crippen molar-refractivity contribution in [2.45, 2.75) is 19.8 Å². The molecule has 98 valence electrons. The Kier molecular flexibility index (Phi) is 4.15. The van der Waals surface area contributed by atoms with Crippen LogP contribution < -0.4 is 10.6 Å². The second kappa shape index (κ2) is 5.82. The topological polar surface area (TPSA) is 67.2 Å². The zero-order valence-corrected chi connectivity index (χ0v) is 10.6. The van der Waals surface area contributed by atoms with Gasteiger partial charge in [-0.05, 0) is 44.8 Å². The first-order chi connectivity index (χ1) is 8.66. The van der Waals surface area contributed by atoms with E-state index in [4.69, 9.17) is 0 Å². The van der Waals surface area contributed by atoms with Crippen molar-refractivity contribution in [1.82, 2.24) is 5.32 Å². The molecule has 0 radical (unpaired) electrons. The van der Waals surface area contributed by atoms with E-state index in [2.05, 4.69) is 10.6 Å². The molecule has 1 atom stereocenters. The van der Waals surface area contributed by atoms with E-state index in [1.54, 1.807) is 19.1 Å². The molecule has 0 bridgehead atoms. The second-order valence-electron chi connectivity index (χ2n) is 4.83. The van der Waals surface area contributed by atoms with Gasteiger partial charge in [-0.25, -0.2) is 0 Å². The summed E-state index contributed by atoms with van der Waals surface area (Å²) in [5, 5.41) is 17.4. The van der Waals surface area contributed by atoms with E-state index in [-0.39, 0.29) is 10.6 Å². The zero-order chi connectivity index (χ0) is 13.0. The zero-order valence-electron chi connectivity index (χ0n) is 10.6. The molecule has 5 nitrogen and oxygen atoms in total. The van der Waals surface area contributed by atoms with Gasteiger partial charge in [0.1, 0.15) is 0 Å². The van der Waals surface area contributed by atoms with Gasteiger partial charge in [0.25, 0.3) is 5.69 Å². The first-order valence-corrected chi connectivity index (χ1v) is 6.36. The lowest BCUT2D eigenvalue weighted by molar-refractivity contribution is -0.385. The van der Waals surface area contributed by atoms with Gasteiger partial charge < -0.3 is 10.6 Å². The normalized spacial score (nSPS) is 18.8. The second-order valence-corrected chi connectivity index (χ2v) is 4.83. The molecule has 1 fully saturated rings. The lowest BCUT2D eigenvalue weighted by Gasteiger charge is -2.10. The summed E-state index contributed by atoms with van der Waals surface area (Å²) in [6.07, 6.45) is 2.34. The Labute approximate surface area is 107 Å². The molecule has 0 saturated carbocycles. The Morgan fingerprint density at radius 1 is 1.56 bits per heavy atom. The first-order valence-electron chi connectivity index (χ1n) is 6.36. The highest BCUT2D eigenvalue weighted by molar-refractivity contribution is 5.54. The molecule has 1 unspecified atom stereocenters. The van der Waals surface area contributed by atoms with Gasteiger partial charge in [-0.2, -0.15) is 0 Å². The van der Waals surface area contributed by atoms with Crippen molar-refractivity contribution < 1.29 is 4.92 Å².